The molecule has 2 atom stereocenters. The van der Waals surface area contributed by atoms with Crippen molar-refractivity contribution in [2.24, 2.45) is 11.8 Å². The molecule has 6 heteroatoms. The number of likely N-dealkylation sites (tertiary alicyclic amines) is 1. The maximum atomic E-state index is 11.1. The molecular formula is C13H22N2O4. The number of piperidine rings is 1. The summed E-state index contributed by atoms with van der Waals surface area (Å²) in [4.78, 5) is 23.6. The summed E-state index contributed by atoms with van der Waals surface area (Å²) >= 11 is 0. The summed E-state index contributed by atoms with van der Waals surface area (Å²) in [5, 5.41) is 21.4. The largest absolute Gasteiger partial charge is 0.481 e. The SMILES string of the molecule is O=C(O)CN1CC(NCC2CCC2)CC(C(=O)O)C1. The summed E-state index contributed by atoms with van der Waals surface area (Å²) < 4.78 is 0. The molecule has 19 heavy (non-hydrogen) atoms. The normalized spacial score (nSPS) is 28.8. The van der Waals surface area contributed by atoms with Gasteiger partial charge in [-0.1, -0.05) is 6.42 Å². The first-order valence-electron chi connectivity index (χ1n) is 6.95. The van der Waals surface area contributed by atoms with E-state index in [1.54, 1.807) is 4.90 Å². The predicted octanol–water partition coefficient (Wildman–Crippen LogP) is 0.236. The Morgan fingerprint density at radius 2 is 1.95 bits per heavy atom. The van der Waals surface area contributed by atoms with Gasteiger partial charge < -0.3 is 15.5 Å². The first-order chi connectivity index (χ1) is 9.04. The topological polar surface area (TPSA) is 89.9 Å². The fourth-order valence-electron chi connectivity index (χ4n) is 2.87. The second-order valence-corrected chi connectivity index (χ2v) is 5.76. The summed E-state index contributed by atoms with van der Waals surface area (Å²) in [6.07, 6.45) is 4.39. The number of aliphatic carboxylic acids is 2. The van der Waals surface area contributed by atoms with Gasteiger partial charge in [-0.25, -0.2) is 0 Å². The second kappa shape index (κ2) is 6.34. The zero-order valence-corrected chi connectivity index (χ0v) is 11.0. The third-order valence-electron chi connectivity index (χ3n) is 4.15. The molecule has 1 heterocycles. The van der Waals surface area contributed by atoms with Crippen molar-refractivity contribution in [1.82, 2.24) is 10.2 Å². The zero-order valence-electron chi connectivity index (χ0n) is 11.0. The van der Waals surface area contributed by atoms with Crippen LogP contribution in [0.5, 0.6) is 0 Å². The van der Waals surface area contributed by atoms with Gasteiger partial charge >= 0.3 is 11.9 Å². The summed E-state index contributed by atoms with van der Waals surface area (Å²) in [6, 6.07) is 0.0924. The number of carboxylic acid groups (broad SMARTS) is 2. The minimum Gasteiger partial charge on any atom is -0.481 e. The second-order valence-electron chi connectivity index (χ2n) is 5.76. The fraction of sp³-hybridized carbons (Fsp3) is 0.846. The first-order valence-corrected chi connectivity index (χ1v) is 6.95. The van der Waals surface area contributed by atoms with Crippen molar-refractivity contribution in [3.8, 4) is 0 Å². The minimum atomic E-state index is -0.899. The highest BCUT2D eigenvalue weighted by Gasteiger charge is 2.32. The molecule has 2 unspecified atom stereocenters. The summed E-state index contributed by atoms with van der Waals surface area (Å²) in [6.45, 7) is 1.81. The smallest absolute Gasteiger partial charge is 0.317 e. The Balaban J connectivity index is 1.85. The molecule has 1 aliphatic carbocycles. The van der Waals surface area contributed by atoms with Crippen molar-refractivity contribution < 1.29 is 19.8 Å². The van der Waals surface area contributed by atoms with E-state index in [1.165, 1.54) is 19.3 Å². The van der Waals surface area contributed by atoms with Crippen LogP contribution in [0.1, 0.15) is 25.7 Å². The van der Waals surface area contributed by atoms with Crippen LogP contribution in [0.2, 0.25) is 0 Å². The Morgan fingerprint density at radius 1 is 1.21 bits per heavy atom. The van der Waals surface area contributed by atoms with Crippen LogP contribution in [-0.4, -0.2) is 59.3 Å². The molecule has 1 saturated heterocycles. The maximum absolute atomic E-state index is 11.1. The maximum Gasteiger partial charge on any atom is 0.317 e. The molecule has 2 rings (SSSR count). The lowest BCUT2D eigenvalue weighted by Crippen LogP contribution is -2.53. The van der Waals surface area contributed by atoms with Gasteiger partial charge in [0.1, 0.15) is 0 Å². The summed E-state index contributed by atoms with van der Waals surface area (Å²) in [5.74, 6) is -1.47. The fourth-order valence-corrected chi connectivity index (χ4v) is 2.87. The molecular weight excluding hydrogens is 248 g/mol. The number of rotatable bonds is 6. The van der Waals surface area contributed by atoms with Crippen molar-refractivity contribution >= 4 is 11.9 Å². The van der Waals surface area contributed by atoms with E-state index in [2.05, 4.69) is 5.32 Å². The molecule has 1 saturated carbocycles. The molecule has 0 aromatic carbocycles. The van der Waals surface area contributed by atoms with Crippen molar-refractivity contribution in [2.75, 3.05) is 26.2 Å². The van der Waals surface area contributed by atoms with Crippen LogP contribution in [0.4, 0.5) is 0 Å². The highest BCUT2D eigenvalue weighted by Crippen LogP contribution is 2.26. The third-order valence-corrected chi connectivity index (χ3v) is 4.15. The van der Waals surface area contributed by atoms with Gasteiger partial charge in [0.15, 0.2) is 0 Å². The molecule has 1 aliphatic heterocycles. The van der Waals surface area contributed by atoms with Gasteiger partial charge in [0.05, 0.1) is 12.5 Å². The van der Waals surface area contributed by atoms with E-state index in [0.717, 1.165) is 12.5 Å². The summed E-state index contributed by atoms with van der Waals surface area (Å²) in [7, 11) is 0. The average molecular weight is 270 g/mol. The van der Waals surface area contributed by atoms with Crippen molar-refractivity contribution in [1.29, 1.82) is 0 Å². The molecule has 6 nitrogen and oxygen atoms in total. The number of nitrogens with one attached hydrogen (secondary N) is 1. The molecule has 0 aromatic heterocycles. The average Bonchev–Trinajstić information content (AvgIpc) is 2.25. The Kier molecular flexibility index (Phi) is 4.76. The van der Waals surface area contributed by atoms with E-state index in [9.17, 15) is 9.59 Å². The Morgan fingerprint density at radius 3 is 2.47 bits per heavy atom. The van der Waals surface area contributed by atoms with Crippen LogP contribution in [-0.2, 0) is 9.59 Å². The van der Waals surface area contributed by atoms with Crippen LogP contribution < -0.4 is 5.32 Å². The van der Waals surface area contributed by atoms with E-state index in [-0.39, 0.29) is 12.6 Å². The number of hydrogen-bond donors (Lipinski definition) is 3. The number of hydrogen-bond acceptors (Lipinski definition) is 4. The lowest BCUT2D eigenvalue weighted by molar-refractivity contribution is -0.146. The predicted molar refractivity (Wildman–Crippen MR) is 69.0 cm³/mol. The van der Waals surface area contributed by atoms with Gasteiger partial charge in [0, 0.05) is 19.1 Å². The van der Waals surface area contributed by atoms with E-state index in [4.69, 9.17) is 10.2 Å². The number of carboxylic acids is 2. The van der Waals surface area contributed by atoms with Crippen LogP contribution in [0.3, 0.4) is 0 Å². The minimum absolute atomic E-state index is 0.0780. The Hall–Kier alpha value is -1.14. The van der Waals surface area contributed by atoms with Gasteiger partial charge in [0.2, 0.25) is 0 Å². The molecule has 0 bridgehead atoms. The van der Waals surface area contributed by atoms with Crippen molar-refractivity contribution in [2.45, 2.75) is 31.7 Å². The standard InChI is InChI=1S/C13H22N2O4/c16-12(17)8-15-6-10(13(18)19)4-11(7-15)14-5-9-2-1-3-9/h9-11,14H,1-8H2,(H,16,17)(H,18,19). The van der Waals surface area contributed by atoms with Crippen molar-refractivity contribution in [3.63, 3.8) is 0 Å². The molecule has 3 N–H and O–H groups in total. The molecule has 0 amide bonds. The Labute approximate surface area is 112 Å². The van der Waals surface area contributed by atoms with E-state index in [0.29, 0.717) is 19.5 Å². The van der Waals surface area contributed by atoms with Crippen LogP contribution >= 0.6 is 0 Å². The molecule has 108 valence electrons. The first kappa shape index (κ1) is 14.3. The molecule has 0 spiro atoms. The monoisotopic (exact) mass is 270 g/mol. The zero-order chi connectivity index (χ0) is 13.8. The Bertz CT molecular complexity index is 344. The van der Waals surface area contributed by atoms with E-state index >= 15 is 0 Å². The van der Waals surface area contributed by atoms with Gasteiger partial charge in [0.25, 0.3) is 0 Å². The van der Waals surface area contributed by atoms with Crippen LogP contribution in [0.25, 0.3) is 0 Å². The molecule has 0 aromatic rings. The lowest BCUT2D eigenvalue weighted by atomic mass is 9.85. The van der Waals surface area contributed by atoms with Crippen LogP contribution in [0, 0.1) is 11.8 Å². The van der Waals surface area contributed by atoms with Gasteiger partial charge in [-0.2, -0.15) is 0 Å². The quantitative estimate of drug-likeness (QED) is 0.640. The molecule has 2 aliphatic rings. The number of carbonyl (C=O) groups is 2. The van der Waals surface area contributed by atoms with Crippen LogP contribution in [0.15, 0.2) is 0 Å². The molecule has 2 fully saturated rings. The number of nitrogens with zero attached hydrogens (tertiary/aromatic N) is 1. The van der Waals surface area contributed by atoms with Crippen molar-refractivity contribution in [3.05, 3.63) is 0 Å². The lowest BCUT2D eigenvalue weighted by Gasteiger charge is -2.37. The highest BCUT2D eigenvalue weighted by molar-refractivity contribution is 5.71. The summed E-state index contributed by atoms with van der Waals surface area (Å²) in [5.41, 5.74) is 0. The highest BCUT2D eigenvalue weighted by atomic mass is 16.4. The third kappa shape index (κ3) is 4.18. The van der Waals surface area contributed by atoms with Gasteiger partial charge in [-0.15, -0.1) is 0 Å². The van der Waals surface area contributed by atoms with Gasteiger partial charge in [-0.3, -0.25) is 14.5 Å². The van der Waals surface area contributed by atoms with Gasteiger partial charge in [-0.05, 0) is 31.7 Å². The van der Waals surface area contributed by atoms with E-state index in [1.807, 2.05) is 0 Å². The van der Waals surface area contributed by atoms with E-state index < -0.39 is 17.9 Å². The molecule has 0 radical (unpaired) electrons.